The quantitative estimate of drug-likeness (QED) is 0.659. The van der Waals surface area contributed by atoms with Crippen LogP contribution in [0.25, 0.3) is 0 Å². The van der Waals surface area contributed by atoms with Gasteiger partial charge in [-0.1, -0.05) is 37.3 Å². The van der Waals surface area contributed by atoms with E-state index in [2.05, 4.69) is 10.6 Å². The van der Waals surface area contributed by atoms with Crippen molar-refractivity contribution < 1.29 is 19.5 Å². The number of hydrogen-bond donors (Lipinski definition) is 3. The standard InChI is InChI=1S/C15H21N3O4.ClH/c1-2-8-18(11-14(20)21)10-13(19)17-15(22)16-9-12-6-4-3-5-7-12;/h3-7H,2,8-11H2,1H3,(H,20,21)(H2,16,17,19,22);1H. The number of benzene rings is 1. The molecule has 0 aliphatic carbocycles. The first-order valence-electron chi connectivity index (χ1n) is 7.07. The normalized spacial score (nSPS) is 9.83. The fraction of sp³-hybridized carbons (Fsp3) is 0.400. The van der Waals surface area contributed by atoms with E-state index in [9.17, 15) is 14.4 Å². The number of nitrogens with one attached hydrogen (secondary N) is 2. The Hall–Kier alpha value is -2.12. The summed E-state index contributed by atoms with van der Waals surface area (Å²) in [6.07, 6.45) is 0.723. The van der Waals surface area contributed by atoms with Crippen LogP contribution in [0, 0.1) is 0 Å². The highest BCUT2D eigenvalue weighted by Gasteiger charge is 2.15. The van der Waals surface area contributed by atoms with Gasteiger partial charge in [0.15, 0.2) is 0 Å². The summed E-state index contributed by atoms with van der Waals surface area (Å²) >= 11 is 0. The highest BCUT2D eigenvalue weighted by molar-refractivity contribution is 5.95. The average molecular weight is 344 g/mol. The molecule has 1 rings (SSSR count). The van der Waals surface area contributed by atoms with Crippen molar-refractivity contribution in [2.75, 3.05) is 19.6 Å². The van der Waals surface area contributed by atoms with E-state index < -0.39 is 17.9 Å². The van der Waals surface area contributed by atoms with Crippen molar-refractivity contribution in [1.29, 1.82) is 0 Å². The minimum absolute atomic E-state index is 0. The van der Waals surface area contributed by atoms with Crippen molar-refractivity contribution in [2.45, 2.75) is 19.9 Å². The number of aliphatic carboxylic acids is 1. The number of amides is 3. The third-order valence-corrected chi connectivity index (χ3v) is 2.81. The third kappa shape index (κ3) is 9.49. The molecule has 0 unspecified atom stereocenters. The maximum atomic E-state index is 11.7. The maximum Gasteiger partial charge on any atom is 0.321 e. The molecule has 1 aromatic carbocycles. The van der Waals surface area contributed by atoms with Gasteiger partial charge in [0.05, 0.1) is 13.1 Å². The van der Waals surface area contributed by atoms with Gasteiger partial charge in [-0.2, -0.15) is 0 Å². The van der Waals surface area contributed by atoms with Crippen molar-refractivity contribution in [1.82, 2.24) is 15.5 Å². The molecule has 1 aromatic rings. The highest BCUT2D eigenvalue weighted by atomic mass is 35.5. The Morgan fingerprint density at radius 2 is 1.78 bits per heavy atom. The number of carbonyl (C=O) groups is 3. The Morgan fingerprint density at radius 3 is 2.35 bits per heavy atom. The van der Waals surface area contributed by atoms with E-state index in [4.69, 9.17) is 5.11 Å². The largest absolute Gasteiger partial charge is 0.480 e. The van der Waals surface area contributed by atoms with Gasteiger partial charge in [0.25, 0.3) is 0 Å². The van der Waals surface area contributed by atoms with E-state index in [-0.39, 0.29) is 25.5 Å². The summed E-state index contributed by atoms with van der Waals surface area (Å²) in [4.78, 5) is 35.5. The molecular formula is C15H22ClN3O4. The minimum Gasteiger partial charge on any atom is -0.480 e. The van der Waals surface area contributed by atoms with Crippen LogP contribution < -0.4 is 10.6 Å². The number of urea groups is 1. The second kappa shape index (κ2) is 11.4. The molecular weight excluding hydrogens is 322 g/mol. The smallest absolute Gasteiger partial charge is 0.321 e. The number of carboxylic acid groups (broad SMARTS) is 1. The third-order valence-electron chi connectivity index (χ3n) is 2.81. The summed E-state index contributed by atoms with van der Waals surface area (Å²) < 4.78 is 0. The molecule has 128 valence electrons. The van der Waals surface area contributed by atoms with Gasteiger partial charge in [-0.05, 0) is 18.5 Å². The molecule has 0 bridgehead atoms. The topological polar surface area (TPSA) is 98.7 Å². The van der Waals surface area contributed by atoms with E-state index in [1.807, 2.05) is 37.3 Å². The van der Waals surface area contributed by atoms with Crippen LogP contribution in [0.15, 0.2) is 30.3 Å². The van der Waals surface area contributed by atoms with Crippen LogP contribution in [-0.4, -0.2) is 47.5 Å². The van der Waals surface area contributed by atoms with Crippen LogP contribution in [0.4, 0.5) is 4.79 Å². The predicted molar refractivity (Wildman–Crippen MR) is 88.4 cm³/mol. The van der Waals surface area contributed by atoms with Crippen molar-refractivity contribution in [2.24, 2.45) is 0 Å². The van der Waals surface area contributed by atoms with E-state index >= 15 is 0 Å². The lowest BCUT2D eigenvalue weighted by molar-refractivity contribution is -0.138. The van der Waals surface area contributed by atoms with Crippen LogP contribution in [0.3, 0.4) is 0 Å². The lowest BCUT2D eigenvalue weighted by atomic mass is 10.2. The van der Waals surface area contributed by atoms with Gasteiger partial charge < -0.3 is 10.4 Å². The number of halogens is 1. The lowest BCUT2D eigenvalue weighted by Gasteiger charge is -2.18. The lowest BCUT2D eigenvalue weighted by Crippen LogP contribution is -2.45. The Labute approximate surface area is 141 Å². The van der Waals surface area contributed by atoms with E-state index in [0.29, 0.717) is 13.1 Å². The molecule has 0 aliphatic heterocycles. The molecule has 0 spiro atoms. The summed E-state index contributed by atoms with van der Waals surface area (Å²) in [5.74, 6) is -1.53. The van der Waals surface area contributed by atoms with Crippen LogP contribution in [0.2, 0.25) is 0 Å². The Bertz CT molecular complexity index is 511. The molecule has 8 heteroatoms. The molecule has 0 aromatic heterocycles. The molecule has 0 saturated heterocycles. The molecule has 3 amide bonds. The van der Waals surface area contributed by atoms with Gasteiger partial charge in [-0.3, -0.25) is 19.8 Å². The molecule has 0 atom stereocenters. The zero-order valence-electron chi connectivity index (χ0n) is 12.9. The van der Waals surface area contributed by atoms with E-state index in [1.54, 1.807) is 0 Å². The van der Waals surface area contributed by atoms with Crippen molar-refractivity contribution in [3.8, 4) is 0 Å². The summed E-state index contributed by atoms with van der Waals surface area (Å²) in [7, 11) is 0. The van der Waals surface area contributed by atoms with E-state index in [0.717, 1.165) is 12.0 Å². The number of carboxylic acids is 1. The zero-order valence-corrected chi connectivity index (χ0v) is 13.8. The first-order chi connectivity index (χ1) is 10.5. The molecule has 0 saturated carbocycles. The highest BCUT2D eigenvalue weighted by Crippen LogP contribution is 1.97. The molecule has 0 fully saturated rings. The average Bonchev–Trinajstić information content (AvgIpc) is 2.45. The van der Waals surface area contributed by atoms with Crippen molar-refractivity contribution in [3.63, 3.8) is 0 Å². The van der Waals surface area contributed by atoms with Gasteiger partial charge >= 0.3 is 12.0 Å². The fourth-order valence-corrected chi connectivity index (χ4v) is 1.91. The molecule has 0 radical (unpaired) electrons. The second-order valence-electron chi connectivity index (χ2n) is 4.82. The first kappa shape index (κ1) is 20.9. The van der Waals surface area contributed by atoms with Crippen molar-refractivity contribution >= 4 is 30.3 Å². The molecule has 0 heterocycles. The predicted octanol–water partition coefficient (Wildman–Crippen LogP) is 1.23. The first-order valence-corrected chi connectivity index (χ1v) is 7.07. The number of nitrogens with zero attached hydrogens (tertiary/aromatic N) is 1. The van der Waals surface area contributed by atoms with Gasteiger partial charge in [-0.25, -0.2) is 4.79 Å². The summed E-state index contributed by atoms with van der Waals surface area (Å²) in [6.45, 7) is 2.32. The van der Waals surface area contributed by atoms with Gasteiger partial charge in [0, 0.05) is 6.54 Å². The van der Waals surface area contributed by atoms with Crippen LogP contribution >= 0.6 is 12.4 Å². The Balaban J connectivity index is 0.00000484. The Kier molecular flexibility index (Phi) is 10.4. The number of rotatable bonds is 8. The maximum absolute atomic E-state index is 11.7. The molecule has 23 heavy (non-hydrogen) atoms. The van der Waals surface area contributed by atoms with Gasteiger partial charge in [-0.15, -0.1) is 12.4 Å². The number of hydrogen-bond acceptors (Lipinski definition) is 4. The minimum atomic E-state index is -1.00. The number of carbonyl (C=O) groups excluding carboxylic acids is 2. The summed E-state index contributed by atoms with van der Waals surface area (Å²) in [5.41, 5.74) is 0.920. The van der Waals surface area contributed by atoms with Crippen LogP contribution in [0.5, 0.6) is 0 Å². The van der Waals surface area contributed by atoms with Gasteiger partial charge in [0.1, 0.15) is 0 Å². The SMILES string of the molecule is CCCN(CC(=O)O)CC(=O)NC(=O)NCc1ccccc1.Cl. The molecule has 3 N–H and O–H groups in total. The summed E-state index contributed by atoms with van der Waals surface area (Å²) in [5, 5.41) is 13.5. The second-order valence-corrected chi connectivity index (χ2v) is 4.82. The monoisotopic (exact) mass is 343 g/mol. The molecule has 7 nitrogen and oxygen atoms in total. The summed E-state index contributed by atoms with van der Waals surface area (Å²) in [6, 6.07) is 8.71. The van der Waals surface area contributed by atoms with Gasteiger partial charge in [0.2, 0.25) is 5.91 Å². The van der Waals surface area contributed by atoms with Crippen LogP contribution in [0.1, 0.15) is 18.9 Å². The molecule has 0 aliphatic rings. The Morgan fingerprint density at radius 1 is 1.13 bits per heavy atom. The van der Waals surface area contributed by atoms with Crippen LogP contribution in [-0.2, 0) is 16.1 Å². The van der Waals surface area contributed by atoms with Crippen molar-refractivity contribution in [3.05, 3.63) is 35.9 Å². The zero-order chi connectivity index (χ0) is 16.4. The van der Waals surface area contributed by atoms with E-state index in [1.165, 1.54) is 4.90 Å². The number of imide groups is 1. The fourth-order valence-electron chi connectivity index (χ4n) is 1.91.